The monoisotopic (exact) mass is 483 g/mol. The van der Waals surface area contributed by atoms with Gasteiger partial charge >= 0.3 is 0 Å². The number of ether oxygens (including phenoxy) is 1. The van der Waals surface area contributed by atoms with Crippen LogP contribution in [0.2, 0.25) is 5.02 Å². The zero-order valence-electron chi connectivity index (χ0n) is 18.3. The molecule has 1 fully saturated rings. The maximum Gasteiger partial charge on any atom is 0.223 e. The summed E-state index contributed by atoms with van der Waals surface area (Å²) in [7, 11) is -3.19. The highest BCUT2D eigenvalue weighted by atomic mass is 35.5. The van der Waals surface area contributed by atoms with Crippen molar-refractivity contribution in [3.05, 3.63) is 29.2 Å². The molecule has 4 rings (SSSR count). The molecule has 8 nitrogen and oxygen atoms in total. The van der Waals surface area contributed by atoms with Crippen molar-refractivity contribution in [3.63, 3.8) is 0 Å². The molecule has 0 unspecified atom stereocenters. The Hall–Kier alpha value is -2.17. The maximum absolute atomic E-state index is 14.9. The van der Waals surface area contributed by atoms with E-state index in [1.165, 1.54) is 22.8 Å². The second kappa shape index (κ2) is 8.99. The predicted molar refractivity (Wildman–Crippen MR) is 123 cm³/mol. The van der Waals surface area contributed by atoms with Gasteiger partial charge in [-0.25, -0.2) is 27.1 Å². The van der Waals surface area contributed by atoms with Gasteiger partial charge in [-0.15, -0.1) is 0 Å². The molecule has 1 aromatic carbocycles. The zero-order valence-corrected chi connectivity index (χ0v) is 19.9. The van der Waals surface area contributed by atoms with Crippen LogP contribution in [-0.4, -0.2) is 67.3 Å². The summed E-state index contributed by atoms with van der Waals surface area (Å²) in [6.45, 7) is 6.09. The van der Waals surface area contributed by atoms with Gasteiger partial charge in [0.15, 0.2) is 11.6 Å². The molecule has 0 saturated carbocycles. The SMILES string of the molecule is CC(C)N1CCOc2c(F)cc(-c3nc(NC4CCN(S(C)(=O)=O)CC4)ncc3Cl)cc21. The van der Waals surface area contributed by atoms with Crippen molar-refractivity contribution in [2.24, 2.45) is 0 Å². The van der Waals surface area contributed by atoms with Gasteiger partial charge < -0.3 is 15.0 Å². The van der Waals surface area contributed by atoms with E-state index in [0.29, 0.717) is 67.0 Å². The quantitative estimate of drug-likeness (QED) is 0.697. The number of nitrogens with zero attached hydrogens (tertiary/aromatic N) is 4. The molecule has 0 radical (unpaired) electrons. The predicted octanol–water partition coefficient (Wildman–Crippen LogP) is 3.38. The first-order chi connectivity index (χ1) is 15.1. The number of hydrogen-bond acceptors (Lipinski definition) is 7. The molecule has 174 valence electrons. The first-order valence-corrected chi connectivity index (χ1v) is 12.8. The van der Waals surface area contributed by atoms with Gasteiger partial charge in [-0.3, -0.25) is 0 Å². The first kappa shape index (κ1) is 23.0. The number of sulfonamides is 1. The van der Waals surface area contributed by atoms with E-state index in [1.54, 1.807) is 0 Å². The Balaban J connectivity index is 1.59. The van der Waals surface area contributed by atoms with Gasteiger partial charge in [-0.05, 0) is 38.8 Å². The number of anilines is 2. The average molecular weight is 484 g/mol. The van der Waals surface area contributed by atoms with E-state index in [-0.39, 0.29) is 17.8 Å². The van der Waals surface area contributed by atoms with E-state index >= 15 is 0 Å². The smallest absolute Gasteiger partial charge is 0.223 e. The number of hydrogen-bond donors (Lipinski definition) is 1. The molecule has 2 aliphatic rings. The zero-order chi connectivity index (χ0) is 23.0. The average Bonchev–Trinajstić information content (AvgIpc) is 2.74. The van der Waals surface area contributed by atoms with Crippen molar-refractivity contribution in [1.29, 1.82) is 0 Å². The van der Waals surface area contributed by atoms with Crippen molar-refractivity contribution in [2.75, 3.05) is 42.7 Å². The van der Waals surface area contributed by atoms with Crippen molar-refractivity contribution in [2.45, 2.75) is 38.8 Å². The Bertz CT molecular complexity index is 1110. The van der Waals surface area contributed by atoms with E-state index in [4.69, 9.17) is 16.3 Å². The molecule has 1 N–H and O–H groups in total. The van der Waals surface area contributed by atoms with Crippen LogP contribution in [-0.2, 0) is 10.0 Å². The minimum Gasteiger partial charge on any atom is -0.486 e. The molecule has 0 spiro atoms. The summed E-state index contributed by atoms with van der Waals surface area (Å²) in [5, 5.41) is 3.58. The van der Waals surface area contributed by atoms with Gasteiger partial charge in [0.05, 0.1) is 35.4 Å². The summed E-state index contributed by atoms with van der Waals surface area (Å²) >= 11 is 6.38. The molecule has 0 bridgehead atoms. The second-order valence-electron chi connectivity index (χ2n) is 8.41. The van der Waals surface area contributed by atoms with Crippen LogP contribution in [0.3, 0.4) is 0 Å². The maximum atomic E-state index is 14.9. The third-order valence-electron chi connectivity index (χ3n) is 5.81. The Kier molecular flexibility index (Phi) is 6.46. The van der Waals surface area contributed by atoms with E-state index in [9.17, 15) is 12.8 Å². The number of fused-ring (bicyclic) bond motifs is 1. The van der Waals surface area contributed by atoms with E-state index in [1.807, 2.05) is 6.07 Å². The third kappa shape index (κ3) is 4.77. The van der Waals surface area contributed by atoms with Crippen molar-refractivity contribution in [3.8, 4) is 17.0 Å². The van der Waals surface area contributed by atoms with Crippen LogP contribution >= 0.6 is 11.6 Å². The molecule has 0 amide bonds. The molecular formula is C21H27ClFN5O3S. The van der Waals surface area contributed by atoms with Crippen molar-refractivity contribution >= 4 is 33.3 Å². The normalized spacial score (nSPS) is 17.9. The second-order valence-corrected chi connectivity index (χ2v) is 10.8. The molecule has 1 saturated heterocycles. The molecule has 1 aromatic heterocycles. The molecule has 2 aliphatic heterocycles. The van der Waals surface area contributed by atoms with Gasteiger partial charge in [-0.1, -0.05) is 11.6 Å². The Morgan fingerprint density at radius 3 is 2.62 bits per heavy atom. The standard InChI is InChI=1S/C21H27ClFN5O3S/c1-13(2)28-8-9-31-20-17(23)10-14(11-18(20)28)19-16(22)12-24-21(26-19)25-15-4-6-27(7-5-15)32(3,29)30/h10-13,15H,4-9H2,1-3H3,(H,24,25,26). The van der Waals surface area contributed by atoms with Crippen molar-refractivity contribution in [1.82, 2.24) is 14.3 Å². The number of aromatic nitrogens is 2. The fraction of sp³-hybridized carbons (Fsp3) is 0.524. The van der Waals surface area contributed by atoms with Crippen LogP contribution in [0.4, 0.5) is 16.0 Å². The lowest BCUT2D eigenvalue weighted by Crippen LogP contribution is -2.42. The summed E-state index contributed by atoms with van der Waals surface area (Å²) in [4.78, 5) is 10.9. The Labute approximate surface area is 192 Å². The summed E-state index contributed by atoms with van der Waals surface area (Å²) in [6, 6.07) is 3.45. The van der Waals surface area contributed by atoms with Crippen LogP contribution in [0.25, 0.3) is 11.3 Å². The molecule has 0 atom stereocenters. The minimum absolute atomic E-state index is 0.0344. The lowest BCUT2D eigenvalue weighted by molar-refractivity contribution is 0.287. The molecule has 32 heavy (non-hydrogen) atoms. The largest absolute Gasteiger partial charge is 0.486 e. The molecule has 3 heterocycles. The lowest BCUT2D eigenvalue weighted by atomic mass is 10.1. The molecule has 0 aliphatic carbocycles. The van der Waals surface area contributed by atoms with E-state index < -0.39 is 15.8 Å². The summed E-state index contributed by atoms with van der Waals surface area (Å²) in [5.41, 5.74) is 1.65. The van der Waals surface area contributed by atoms with Gasteiger partial charge in [0.25, 0.3) is 0 Å². The highest BCUT2D eigenvalue weighted by molar-refractivity contribution is 7.88. The molecule has 2 aromatic rings. The van der Waals surface area contributed by atoms with Gasteiger partial charge in [0, 0.05) is 30.7 Å². The van der Waals surface area contributed by atoms with Crippen LogP contribution in [0.5, 0.6) is 5.75 Å². The number of benzene rings is 1. The summed E-state index contributed by atoms with van der Waals surface area (Å²) < 4.78 is 45.3. The number of piperidine rings is 1. The van der Waals surface area contributed by atoms with Gasteiger partial charge in [0.1, 0.15) is 6.61 Å². The Morgan fingerprint density at radius 1 is 1.25 bits per heavy atom. The topological polar surface area (TPSA) is 87.7 Å². The fourth-order valence-corrected chi connectivity index (χ4v) is 5.20. The lowest BCUT2D eigenvalue weighted by Gasteiger charge is -2.34. The van der Waals surface area contributed by atoms with E-state index in [2.05, 4.69) is 34.0 Å². The molecule has 11 heteroatoms. The summed E-state index contributed by atoms with van der Waals surface area (Å²) in [5.74, 6) is 0.160. The van der Waals surface area contributed by atoms with Crippen LogP contribution < -0.4 is 15.0 Å². The summed E-state index contributed by atoms with van der Waals surface area (Å²) in [6.07, 6.45) is 4.00. The van der Waals surface area contributed by atoms with Crippen molar-refractivity contribution < 1.29 is 17.5 Å². The number of halogens is 2. The molecular weight excluding hydrogens is 457 g/mol. The number of rotatable bonds is 5. The van der Waals surface area contributed by atoms with E-state index in [0.717, 1.165) is 0 Å². The highest BCUT2D eigenvalue weighted by Crippen LogP contribution is 2.40. The first-order valence-electron chi connectivity index (χ1n) is 10.6. The fourth-order valence-electron chi connectivity index (χ4n) is 4.13. The minimum atomic E-state index is -3.19. The van der Waals surface area contributed by atoms with Crippen LogP contribution in [0.1, 0.15) is 26.7 Å². The van der Waals surface area contributed by atoms with Crippen LogP contribution in [0, 0.1) is 5.82 Å². The van der Waals surface area contributed by atoms with Gasteiger partial charge in [-0.2, -0.15) is 0 Å². The third-order valence-corrected chi connectivity index (χ3v) is 7.39. The highest BCUT2D eigenvalue weighted by Gasteiger charge is 2.27. The number of nitrogens with one attached hydrogen (secondary N) is 1. The Morgan fingerprint density at radius 2 is 1.97 bits per heavy atom. The van der Waals surface area contributed by atoms with Gasteiger partial charge in [0.2, 0.25) is 16.0 Å². The van der Waals surface area contributed by atoms with Crippen LogP contribution in [0.15, 0.2) is 18.3 Å².